The Morgan fingerprint density at radius 2 is 1.89 bits per heavy atom. The molecule has 0 aromatic heterocycles. The third kappa shape index (κ3) is 3.46. The Hall–Kier alpha value is -0.650. The van der Waals surface area contributed by atoms with Gasteiger partial charge in [0.2, 0.25) is 0 Å². The van der Waals surface area contributed by atoms with Crippen LogP contribution in [0, 0.1) is 5.82 Å². The lowest BCUT2D eigenvalue weighted by Gasteiger charge is -2.19. The molecule has 0 spiro atoms. The number of nitrogens with two attached hydrogens (primary N) is 1. The number of hydrogen-bond acceptors (Lipinski definition) is 2. The Balaban J connectivity index is 2.52. The van der Waals surface area contributed by atoms with Crippen molar-refractivity contribution >= 4 is 39.1 Å². The first-order valence-corrected chi connectivity index (χ1v) is 6.93. The summed E-state index contributed by atoms with van der Waals surface area (Å²) in [6, 6.07) is 9.15. The Morgan fingerprint density at radius 3 is 2.53 bits per heavy atom. The van der Waals surface area contributed by atoms with Crippen molar-refractivity contribution in [2.75, 3.05) is 0 Å². The van der Waals surface area contributed by atoms with Gasteiger partial charge in [0.1, 0.15) is 5.82 Å². The number of nitrogens with one attached hydrogen (secondary N) is 1. The summed E-state index contributed by atoms with van der Waals surface area (Å²) >= 11 is 15.3. The van der Waals surface area contributed by atoms with Crippen LogP contribution in [0.15, 0.2) is 40.9 Å². The summed E-state index contributed by atoms with van der Waals surface area (Å²) in [4.78, 5) is 0. The Bertz CT molecular complexity index is 587. The minimum Gasteiger partial charge on any atom is -0.271 e. The molecule has 0 aliphatic carbocycles. The second kappa shape index (κ2) is 6.20. The first kappa shape index (κ1) is 14.8. The van der Waals surface area contributed by atoms with Crippen LogP contribution < -0.4 is 11.3 Å². The van der Waals surface area contributed by atoms with Gasteiger partial charge in [-0.15, -0.1) is 0 Å². The molecular weight excluding hydrogens is 354 g/mol. The van der Waals surface area contributed by atoms with E-state index in [1.807, 2.05) is 0 Å². The highest BCUT2D eigenvalue weighted by molar-refractivity contribution is 9.10. The van der Waals surface area contributed by atoms with Crippen molar-refractivity contribution in [1.29, 1.82) is 0 Å². The Kier molecular flexibility index (Phi) is 4.81. The summed E-state index contributed by atoms with van der Waals surface area (Å²) in [5, 5.41) is 1.04. The third-order valence-electron chi connectivity index (χ3n) is 2.65. The minimum absolute atomic E-state index is 0.359. The van der Waals surface area contributed by atoms with Crippen molar-refractivity contribution in [3.05, 3.63) is 67.9 Å². The second-order valence-electron chi connectivity index (χ2n) is 3.97. The monoisotopic (exact) mass is 362 g/mol. The molecule has 0 aliphatic heterocycles. The zero-order valence-electron chi connectivity index (χ0n) is 9.63. The molecule has 2 aromatic rings. The molecule has 100 valence electrons. The summed E-state index contributed by atoms with van der Waals surface area (Å²) in [5.74, 6) is 5.21. The number of hydrazine groups is 1. The van der Waals surface area contributed by atoms with Crippen LogP contribution in [0.1, 0.15) is 17.2 Å². The zero-order chi connectivity index (χ0) is 14.0. The standard InChI is InChI=1S/C13H10BrCl2FN2/c14-8-3-7(4-10(17)5-8)13(19-18)11-6-9(15)1-2-12(11)16/h1-6,13,19H,18H2. The molecule has 0 heterocycles. The van der Waals surface area contributed by atoms with Gasteiger partial charge in [-0.25, -0.2) is 9.82 Å². The smallest absolute Gasteiger partial charge is 0.124 e. The topological polar surface area (TPSA) is 38.0 Å². The van der Waals surface area contributed by atoms with Gasteiger partial charge in [-0.1, -0.05) is 39.1 Å². The second-order valence-corrected chi connectivity index (χ2v) is 5.73. The third-order valence-corrected chi connectivity index (χ3v) is 3.69. The van der Waals surface area contributed by atoms with E-state index >= 15 is 0 Å². The number of benzene rings is 2. The van der Waals surface area contributed by atoms with E-state index in [0.29, 0.717) is 25.6 Å². The van der Waals surface area contributed by atoms with Crippen LogP contribution >= 0.6 is 39.1 Å². The van der Waals surface area contributed by atoms with Crippen molar-refractivity contribution in [3.63, 3.8) is 0 Å². The van der Waals surface area contributed by atoms with Gasteiger partial charge < -0.3 is 0 Å². The van der Waals surface area contributed by atoms with Gasteiger partial charge in [-0.3, -0.25) is 5.84 Å². The minimum atomic E-state index is -0.446. The Morgan fingerprint density at radius 1 is 1.16 bits per heavy atom. The predicted molar refractivity (Wildman–Crippen MR) is 79.7 cm³/mol. The van der Waals surface area contributed by atoms with E-state index in [4.69, 9.17) is 29.0 Å². The van der Waals surface area contributed by atoms with Crippen molar-refractivity contribution in [2.45, 2.75) is 6.04 Å². The van der Waals surface area contributed by atoms with Crippen LogP contribution in [-0.2, 0) is 0 Å². The highest BCUT2D eigenvalue weighted by Gasteiger charge is 2.17. The van der Waals surface area contributed by atoms with E-state index in [-0.39, 0.29) is 5.82 Å². The van der Waals surface area contributed by atoms with E-state index in [9.17, 15) is 4.39 Å². The molecule has 2 aromatic carbocycles. The molecule has 0 aliphatic rings. The average Bonchev–Trinajstić information content (AvgIpc) is 2.33. The average molecular weight is 364 g/mol. The van der Waals surface area contributed by atoms with Crippen molar-refractivity contribution in [1.82, 2.24) is 5.43 Å². The molecule has 1 unspecified atom stereocenters. The molecule has 3 N–H and O–H groups in total. The molecule has 0 fully saturated rings. The summed E-state index contributed by atoms with van der Waals surface area (Å²) in [6.45, 7) is 0. The number of halogens is 4. The first-order chi connectivity index (χ1) is 9.01. The SMILES string of the molecule is NNC(c1cc(F)cc(Br)c1)c1cc(Cl)ccc1Cl. The molecule has 0 amide bonds. The van der Waals surface area contributed by atoms with Crippen LogP contribution in [0.2, 0.25) is 10.0 Å². The lowest BCUT2D eigenvalue weighted by Crippen LogP contribution is -2.29. The maximum Gasteiger partial charge on any atom is 0.124 e. The van der Waals surface area contributed by atoms with E-state index in [2.05, 4.69) is 21.4 Å². The zero-order valence-corrected chi connectivity index (χ0v) is 12.7. The maximum atomic E-state index is 13.5. The van der Waals surface area contributed by atoms with Gasteiger partial charge in [0.25, 0.3) is 0 Å². The maximum absolute atomic E-state index is 13.5. The van der Waals surface area contributed by atoms with Gasteiger partial charge in [-0.2, -0.15) is 0 Å². The molecule has 2 nitrogen and oxygen atoms in total. The van der Waals surface area contributed by atoms with Crippen molar-refractivity contribution < 1.29 is 4.39 Å². The summed E-state index contributed by atoms with van der Waals surface area (Å²) in [7, 11) is 0. The van der Waals surface area contributed by atoms with Gasteiger partial charge in [-0.05, 0) is 47.5 Å². The fraction of sp³-hybridized carbons (Fsp3) is 0.0769. The summed E-state index contributed by atoms with van der Waals surface area (Å²) in [5.41, 5.74) is 3.97. The van der Waals surface area contributed by atoms with Gasteiger partial charge in [0.05, 0.1) is 6.04 Å². The van der Waals surface area contributed by atoms with Crippen LogP contribution in [0.25, 0.3) is 0 Å². The lowest BCUT2D eigenvalue weighted by molar-refractivity contribution is 0.604. The normalized spacial score (nSPS) is 12.5. The molecule has 1 atom stereocenters. The van der Waals surface area contributed by atoms with Crippen molar-refractivity contribution in [3.8, 4) is 0 Å². The van der Waals surface area contributed by atoms with Crippen LogP contribution in [-0.4, -0.2) is 0 Å². The predicted octanol–water partition coefficient (Wildman–Crippen LogP) is 4.45. The van der Waals surface area contributed by atoms with Crippen LogP contribution in [0.3, 0.4) is 0 Å². The molecular formula is C13H10BrCl2FN2. The summed E-state index contributed by atoms with van der Waals surface area (Å²) in [6.07, 6.45) is 0. The van der Waals surface area contributed by atoms with Gasteiger partial charge >= 0.3 is 0 Å². The first-order valence-electron chi connectivity index (χ1n) is 5.38. The van der Waals surface area contributed by atoms with E-state index in [0.717, 1.165) is 0 Å². The molecule has 6 heteroatoms. The highest BCUT2D eigenvalue weighted by atomic mass is 79.9. The molecule has 19 heavy (non-hydrogen) atoms. The van der Waals surface area contributed by atoms with Gasteiger partial charge in [0, 0.05) is 14.5 Å². The van der Waals surface area contributed by atoms with Crippen LogP contribution in [0.5, 0.6) is 0 Å². The number of rotatable bonds is 3. The quantitative estimate of drug-likeness (QED) is 0.624. The molecule has 2 rings (SSSR count). The van der Waals surface area contributed by atoms with E-state index in [1.165, 1.54) is 12.1 Å². The molecule has 0 saturated carbocycles. The lowest BCUT2D eigenvalue weighted by atomic mass is 9.99. The van der Waals surface area contributed by atoms with Crippen LogP contribution in [0.4, 0.5) is 4.39 Å². The Labute approximate surface area is 128 Å². The summed E-state index contributed by atoms with van der Waals surface area (Å²) < 4.78 is 14.1. The number of hydrogen-bond donors (Lipinski definition) is 2. The molecule has 0 bridgehead atoms. The largest absolute Gasteiger partial charge is 0.271 e. The van der Waals surface area contributed by atoms with E-state index < -0.39 is 6.04 Å². The van der Waals surface area contributed by atoms with Gasteiger partial charge in [0.15, 0.2) is 0 Å². The fourth-order valence-corrected chi connectivity index (χ4v) is 2.73. The molecule has 0 radical (unpaired) electrons. The molecule has 0 saturated heterocycles. The highest BCUT2D eigenvalue weighted by Crippen LogP contribution is 2.31. The van der Waals surface area contributed by atoms with Crippen molar-refractivity contribution in [2.24, 2.45) is 5.84 Å². The fourth-order valence-electron chi connectivity index (χ4n) is 1.84. The van der Waals surface area contributed by atoms with E-state index in [1.54, 1.807) is 24.3 Å².